The summed E-state index contributed by atoms with van der Waals surface area (Å²) < 4.78 is 39.6. The Kier molecular flexibility index (Phi) is 6.70. The number of nitrogens with zero attached hydrogens (tertiary/aromatic N) is 2. The summed E-state index contributed by atoms with van der Waals surface area (Å²) >= 11 is 0.829. The van der Waals surface area contributed by atoms with E-state index in [-0.39, 0.29) is 39.5 Å². The number of aromatic amines is 1. The van der Waals surface area contributed by atoms with Crippen LogP contribution in [0.5, 0.6) is 0 Å². The van der Waals surface area contributed by atoms with Crippen molar-refractivity contribution in [3.63, 3.8) is 0 Å². The van der Waals surface area contributed by atoms with Crippen LogP contribution in [0.2, 0.25) is 0 Å². The highest BCUT2D eigenvalue weighted by molar-refractivity contribution is 7.19. The molecule has 4 rings (SSSR count). The van der Waals surface area contributed by atoms with Gasteiger partial charge in [-0.25, -0.2) is 13.8 Å². The number of carbonyl (C=O) groups is 1. The number of nitrogen functional groups attached to an aromatic ring is 1. The first-order valence-corrected chi connectivity index (χ1v) is 11.1. The van der Waals surface area contributed by atoms with E-state index in [9.17, 15) is 13.6 Å². The molecule has 1 fully saturated rings. The van der Waals surface area contributed by atoms with Crippen LogP contribution in [0.15, 0.2) is 18.2 Å². The van der Waals surface area contributed by atoms with E-state index in [1.807, 2.05) is 0 Å². The topological polar surface area (TPSA) is 141 Å². The SMILES string of the molecule is CO[C@H]1COC(c2[nH]nc(C)c2NC(=O)c2nc(-c3c(F)cccc3F)sc2N)CCC1N. The average Bonchev–Trinajstić information content (AvgIpc) is 3.26. The third kappa shape index (κ3) is 4.60. The lowest BCUT2D eigenvalue weighted by Gasteiger charge is -2.18. The summed E-state index contributed by atoms with van der Waals surface area (Å²) in [5, 5.41) is 9.89. The van der Waals surface area contributed by atoms with Gasteiger partial charge in [0.25, 0.3) is 5.91 Å². The zero-order chi connectivity index (χ0) is 23.7. The fourth-order valence-corrected chi connectivity index (χ4v) is 4.61. The lowest BCUT2D eigenvalue weighted by Crippen LogP contribution is -2.37. The predicted molar refractivity (Wildman–Crippen MR) is 120 cm³/mol. The number of methoxy groups -OCH3 is 1. The number of hydrogen-bond acceptors (Lipinski definition) is 8. The van der Waals surface area contributed by atoms with Crippen molar-refractivity contribution in [2.45, 2.75) is 38.0 Å². The monoisotopic (exact) mass is 478 g/mol. The third-order valence-electron chi connectivity index (χ3n) is 5.58. The second kappa shape index (κ2) is 9.51. The number of hydrogen-bond donors (Lipinski definition) is 4. The number of nitrogens with one attached hydrogen (secondary N) is 2. The van der Waals surface area contributed by atoms with E-state index in [1.54, 1.807) is 14.0 Å². The molecule has 0 spiro atoms. The summed E-state index contributed by atoms with van der Waals surface area (Å²) in [5.41, 5.74) is 13.2. The number of carbonyl (C=O) groups excluding carboxylic acids is 1. The molecule has 3 aromatic rings. The van der Waals surface area contributed by atoms with Gasteiger partial charge in [0, 0.05) is 13.2 Å². The molecule has 1 aliphatic rings. The van der Waals surface area contributed by atoms with E-state index in [2.05, 4.69) is 20.5 Å². The molecule has 0 bridgehead atoms. The first-order valence-electron chi connectivity index (χ1n) is 10.3. The molecular formula is C21H24F2N6O3S. The maximum absolute atomic E-state index is 14.2. The lowest BCUT2D eigenvalue weighted by atomic mass is 10.0. The Morgan fingerprint density at radius 2 is 2.06 bits per heavy atom. The van der Waals surface area contributed by atoms with Crippen LogP contribution in [0.1, 0.15) is 40.8 Å². The largest absolute Gasteiger partial charge is 0.389 e. The Labute approximate surface area is 192 Å². The van der Waals surface area contributed by atoms with Gasteiger partial charge in [0.15, 0.2) is 5.69 Å². The third-order valence-corrected chi connectivity index (χ3v) is 6.49. The van der Waals surface area contributed by atoms with Crippen molar-refractivity contribution in [3.8, 4) is 10.6 Å². The number of halogens is 2. The van der Waals surface area contributed by atoms with Gasteiger partial charge in [0.1, 0.15) is 27.7 Å². The second-order valence-corrected chi connectivity index (χ2v) is 8.75. The number of aromatic nitrogens is 3. The van der Waals surface area contributed by atoms with Gasteiger partial charge in [-0.05, 0) is 31.9 Å². The van der Waals surface area contributed by atoms with Gasteiger partial charge in [-0.15, -0.1) is 0 Å². The van der Waals surface area contributed by atoms with Crippen molar-refractivity contribution in [1.82, 2.24) is 15.2 Å². The molecule has 9 nitrogen and oxygen atoms in total. The van der Waals surface area contributed by atoms with Crippen molar-refractivity contribution < 1.29 is 23.0 Å². The van der Waals surface area contributed by atoms with Crippen molar-refractivity contribution in [1.29, 1.82) is 0 Å². The summed E-state index contributed by atoms with van der Waals surface area (Å²) in [7, 11) is 1.58. The average molecular weight is 479 g/mol. The molecule has 6 N–H and O–H groups in total. The van der Waals surface area contributed by atoms with E-state index in [0.29, 0.717) is 36.5 Å². The minimum absolute atomic E-state index is 0.0240. The van der Waals surface area contributed by atoms with E-state index in [0.717, 1.165) is 23.5 Å². The summed E-state index contributed by atoms with van der Waals surface area (Å²) in [6.07, 6.45) is 0.638. The Morgan fingerprint density at radius 1 is 1.33 bits per heavy atom. The number of aryl methyl sites for hydroxylation is 1. The number of amides is 1. The van der Waals surface area contributed by atoms with Gasteiger partial charge in [-0.1, -0.05) is 17.4 Å². The summed E-state index contributed by atoms with van der Waals surface area (Å²) in [5.74, 6) is -2.21. The Balaban J connectivity index is 1.58. The van der Waals surface area contributed by atoms with Crippen LogP contribution in [0.25, 0.3) is 10.6 Å². The van der Waals surface area contributed by atoms with Crippen molar-refractivity contribution in [2.24, 2.45) is 5.73 Å². The van der Waals surface area contributed by atoms with Crippen LogP contribution in [-0.2, 0) is 9.47 Å². The van der Waals surface area contributed by atoms with Gasteiger partial charge in [-0.3, -0.25) is 9.89 Å². The molecule has 2 aromatic heterocycles. The van der Waals surface area contributed by atoms with Gasteiger partial charge in [0.2, 0.25) is 0 Å². The highest BCUT2D eigenvalue weighted by atomic mass is 32.1. The van der Waals surface area contributed by atoms with E-state index in [1.165, 1.54) is 6.07 Å². The molecule has 0 saturated carbocycles. The van der Waals surface area contributed by atoms with Crippen LogP contribution < -0.4 is 16.8 Å². The molecule has 3 heterocycles. The number of H-pyrrole nitrogens is 1. The quantitative estimate of drug-likeness (QED) is 0.441. The number of thiazole rings is 1. The van der Waals surface area contributed by atoms with Gasteiger partial charge in [-0.2, -0.15) is 5.10 Å². The van der Waals surface area contributed by atoms with Crippen LogP contribution in [0, 0.1) is 18.6 Å². The summed E-state index contributed by atoms with van der Waals surface area (Å²) in [6, 6.07) is 3.31. The Bertz CT molecular complexity index is 1150. The van der Waals surface area contributed by atoms with Crippen molar-refractivity contribution in [3.05, 3.63) is 46.9 Å². The first-order chi connectivity index (χ1) is 15.8. The maximum Gasteiger partial charge on any atom is 0.277 e. The molecule has 1 aliphatic heterocycles. The lowest BCUT2D eigenvalue weighted by molar-refractivity contribution is -0.0201. The molecule has 33 heavy (non-hydrogen) atoms. The molecule has 2 unspecified atom stereocenters. The zero-order valence-electron chi connectivity index (χ0n) is 18.0. The fraction of sp³-hybridized carbons (Fsp3) is 0.381. The fourth-order valence-electron chi connectivity index (χ4n) is 3.74. The molecule has 1 aromatic carbocycles. The molecule has 1 amide bonds. The summed E-state index contributed by atoms with van der Waals surface area (Å²) in [6.45, 7) is 2.02. The van der Waals surface area contributed by atoms with E-state index in [4.69, 9.17) is 20.9 Å². The Morgan fingerprint density at radius 3 is 2.76 bits per heavy atom. The molecule has 0 radical (unpaired) electrons. The smallest absolute Gasteiger partial charge is 0.277 e. The minimum atomic E-state index is -0.790. The van der Waals surface area contributed by atoms with E-state index < -0.39 is 17.5 Å². The predicted octanol–water partition coefficient (Wildman–Crippen LogP) is 3.15. The second-order valence-electron chi connectivity index (χ2n) is 7.72. The van der Waals surface area contributed by atoms with E-state index >= 15 is 0 Å². The first kappa shape index (κ1) is 23.2. The molecule has 1 saturated heterocycles. The number of ether oxygens (including phenoxy) is 2. The van der Waals surface area contributed by atoms with Crippen LogP contribution in [0.3, 0.4) is 0 Å². The van der Waals surface area contributed by atoms with Gasteiger partial charge >= 0.3 is 0 Å². The van der Waals surface area contributed by atoms with Gasteiger partial charge < -0.3 is 26.3 Å². The molecule has 3 atom stereocenters. The summed E-state index contributed by atoms with van der Waals surface area (Å²) in [4.78, 5) is 17.1. The minimum Gasteiger partial charge on any atom is -0.389 e. The Hall–Kier alpha value is -2.93. The van der Waals surface area contributed by atoms with Crippen LogP contribution >= 0.6 is 11.3 Å². The van der Waals surface area contributed by atoms with Crippen molar-refractivity contribution >= 4 is 27.9 Å². The number of nitrogens with two attached hydrogens (primary N) is 2. The molecule has 0 aliphatic carbocycles. The van der Waals surface area contributed by atoms with Crippen LogP contribution in [-0.4, -0.2) is 47.0 Å². The van der Waals surface area contributed by atoms with Gasteiger partial charge in [0.05, 0.1) is 35.3 Å². The number of anilines is 2. The maximum atomic E-state index is 14.2. The highest BCUT2D eigenvalue weighted by Crippen LogP contribution is 2.36. The van der Waals surface area contributed by atoms with Crippen molar-refractivity contribution in [2.75, 3.05) is 24.8 Å². The number of benzene rings is 1. The normalized spacial score (nSPS) is 21.1. The van der Waals surface area contributed by atoms with Crippen LogP contribution in [0.4, 0.5) is 19.5 Å². The number of rotatable bonds is 5. The molecule has 12 heteroatoms. The molecule has 176 valence electrons. The molecular weight excluding hydrogens is 454 g/mol. The zero-order valence-corrected chi connectivity index (χ0v) is 18.8. The standard InChI is InChI=1S/C21H24F2N6O3S/c1-9-16(17(29-28-9)13-7-6-12(24)14(31-2)8-32-13)26-20(30)18-19(25)33-21(27-18)15-10(22)4-3-5-11(15)23/h3-5,12-14H,6-8,24-25H2,1-2H3,(H,26,30)(H,28,29)/t12?,13?,14-/m0/s1. The highest BCUT2D eigenvalue weighted by Gasteiger charge is 2.30.